The third kappa shape index (κ3) is 7.57. The highest BCUT2D eigenvalue weighted by Crippen LogP contribution is 2.56. The Morgan fingerprint density at radius 1 is 1.00 bits per heavy atom. The Hall–Kier alpha value is -4.93. The highest BCUT2D eigenvalue weighted by Gasteiger charge is 2.50. The van der Waals surface area contributed by atoms with Crippen molar-refractivity contribution in [3.05, 3.63) is 107 Å². The highest BCUT2D eigenvalue weighted by molar-refractivity contribution is 5.97. The number of Topliss-reactive ketones (excluding diaryl/α,β-unsaturated/α-hetero) is 1. The zero-order chi connectivity index (χ0) is 40.0. The van der Waals surface area contributed by atoms with E-state index in [0.717, 1.165) is 54.9 Å². The fourth-order valence-corrected chi connectivity index (χ4v) is 10.4. The van der Waals surface area contributed by atoms with Crippen molar-refractivity contribution in [2.45, 2.75) is 96.7 Å². The first-order chi connectivity index (χ1) is 28.2. The number of rotatable bonds is 12. The molecule has 1 N–H and O–H groups in total. The number of aromatic amines is 1. The molecule has 1 spiro atoms. The van der Waals surface area contributed by atoms with Crippen LogP contribution in [0.1, 0.15) is 110 Å². The zero-order valence-electron chi connectivity index (χ0n) is 34.2. The molecule has 10 heteroatoms. The van der Waals surface area contributed by atoms with Crippen molar-refractivity contribution in [1.82, 2.24) is 19.8 Å². The molecule has 3 aromatic carbocycles. The van der Waals surface area contributed by atoms with Crippen LogP contribution in [0.4, 0.5) is 4.39 Å². The molecule has 1 saturated heterocycles. The second-order valence-electron chi connectivity index (χ2n) is 17.5. The lowest BCUT2D eigenvalue weighted by atomic mass is 9.56. The summed E-state index contributed by atoms with van der Waals surface area (Å²) < 4.78 is 38.9. The molecule has 4 heterocycles. The number of piperazine rings is 1. The van der Waals surface area contributed by atoms with Crippen molar-refractivity contribution in [2.75, 3.05) is 33.5 Å². The highest BCUT2D eigenvalue weighted by atomic mass is 19.1. The van der Waals surface area contributed by atoms with Crippen molar-refractivity contribution in [3.63, 3.8) is 0 Å². The summed E-state index contributed by atoms with van der Waals surface area (Å²) in [5.74, 6) is 3.58. The quantitative estimate of drug-likeness (QED) is 0.125. The van der Waals surface area contributed by atoms with E-state index < -0.39 is 0 Å². The molecule has 58 heavy (non-hydrogen) atoms. The lowest BCUT2D eigenvalue weighted by Gasteiger charge is -2.58. The lowest BCUT2D eigenvalue weighted by molar-refractivity contribution is -0.0736. The predicted octanol–water partition coefficient (Wildman–Crippen LogP) is 10.4. The average Bonchev–Trinajstić information content (AvgIpc) is 3.91. The lowest BCUT2D eigenvalue weighted by Crippen LogP contribution is -2.58. The fraction of sp³-hybridized carbons (Fsp3) is 0.458. The second-order valence-corrected chi connectivity index (χ2v) is 17.5. The predicted molar refractivity (Wildman–Crippen MR) is 223 cm³/mol. The summed E-state index contributed by atoms with van der Waals surface area (Å²) >= 11 is 0. The molecule has 9 nitrogen and oxygen atoms in total. The summed E-state index contributed by atoms with van der Waals surface area (Å²) in [5, 5.41) is 0.909. The number of hydrogen-bond donors (Lipinski definition) is 1. The minimum Gasteiger partial charge on any atom is -0.493 e. The van der Waals surface area contributed by atoms with Gasteiger partial charge in [0.25, 0.3) is 0 Å². The first kappa shape index (κ1) is 38.6. The minimum absolute atomic E-state index is 0.224. The summed E-state index contributed by atoms with van der Waals surface area (Å²) in [7, 11) is 1.67. The van der Waals surface area contributed by atoms with Gasteiger partial charge < -0.3 is 23.9 Å². The van der Waals surface area contributed by atoms with Crippen molar-refractivity contribution >= 4 is 16.8 Å². The topological polar surface area (TPSA) is 89.2 Å². The molecule has 0 unspecified atom stereocenters. The molecule has 2 aliphatic heterocycles. The molecule has 5 aromatic rings. The van der Waals surface area contributed by atoms with E-state index in [9.17, 15) is 4.79 Å². The Labute approximate surface area is 340 Å². The van der Waals surface area contributed by atoms with Crippen molar-refractivity contribution in [2.24, 2.45) is 11.3 Å². The van der Waals surface area contributed by atoms with Crippen LogP contribution in [0.2, 0.25) is 0 Å². The van der Waals surface area contributed by atoms with Crippen molar-refractivity contribution in [3.8, 4) is 28.7 Å². The molecule has 2 aliphatic carbocycles. The van der Waals surface area contributed by atoms with Gasteiger partial charge in [0.15, 0.2) is 17.3 Å². The smallest absolute Gasteiger partial charge is 0.231 e. The van der Waals surface area contributed by atoms with E-state index in [1.54, 1.807) is 19.4 Å². The standard InChI is InChI=1S/C48H55FN4O5/c1-30(2)38-7-5-6-8-39(38)42-28-52(27-35-11-12-43(55-4)46-45(35)56-29-57-46)19-20-53(42)36-24-48(25-36)16-13-32(14-17-48)9-10-33-22-44(40(31(3)54)23-41(33)49)58-37-21-34-15-18-50-47(34)51-26-37/h5-8,11-12,15,18,21-23,26,30,32,36,42H,9-10,13-14,16-17,19-20,24-25,27-29H2,1-4H3,(H,50,51)/t32?,36?,42-,48?/m0/s1. The number of methoxy groups -OCH3 is 1. The van der Waals surface area contributed by atoms with Crippen molar-refractivity contribution < 1.29 is 28.1 Å². The molecule has 304 valence electrons. The third-order valence-electron chi connectivity index (χ3n) is 13.6. The fourth-order valence-electron chi connectivity index (χ4n) is 10.4. The van der Waals surface area contributed by atoms with Crippen molar-refractivity contribution in [1.29, 1.82) is 0 Å². The Balaban J connectivity index is 0.840. The van der Waals surface area contributed by atoms with Gasteiger partial charge in [-0.3, -0.25) is 14.6 Å². The monoisotopic (exact) mass is 786 g/mol. The first-order valence-electron chi connectivity index (χ1n) is 21.1. The van der Waals surface area contributed by atoms with Gasteiger partial charge in [0.2, 0.25) is 12.5 Å². The number of hydrogen-bond acceptors (Lipinski definition) is 8. The largest absolute Gasteiger partial charge is 0.493 e. The molecule has 2 aromatic heterocycles. The minimum atomic E-state index is -0.338. The summed E-state index contributed by atoms with van der Waals surface area (Å²) in [5.41, 5.74) is 6.06. The maximum Gasteiger partial charge on any atom is 0.231 e. The molecular weight excluding hydrogens is 732 g/mol. The third-order valence-corrected chi connectivity index (χ3v) is 13.6. The summed E-state index contributed by atoms with van der Waals surface area (Å²) in [6, 6.07) is 21.0. The molecule has 4 aliphatic rings. The molecule has 1 atom stereocenters. The number of H-pyrrole nitrogens is 1. The van der Waals surface area contributed by atoms with Crippen LogP contribution in [-0.2, 0) is 13.0 Å². The van der Waals surface area contributed by atoms with E-state index in [-0.39, 0.29) is 24.0 Å². The van der Waals surface area contributed by atoms with E-state index in [1.807, 2.05) is 24.4 Å². The number of carbonyl (C=O) groups is 1. The number of pyridine rings is 1. The van der Waals surface area contributed by atoms with Gasteiger partial charge in [-0.25, -0.2) is 9.37 Å². The summed E-state index contributed by atoms with van der Waals surface area (Å²) in [6.07, 6.45) is 12.3. The van der Waals surface area contributed by atoms with E-state index in [0.29, 0.717) is 64.3 Å². The van der Waals surface area contributed by atoms with Crippen LogP contribution in [0.5, 0.6) is 28.7 Å². The average molecular weight is 787 g/mol. The normalized spacial score (nSPS) is 23.4. The number of carbonyl (C=O) groups excluding carboxylic acids is 1. The number of fused-ring (bicyclic) bond motifs is 2. The number of benzene rings is 3. The molecule has 0 amide bonds. The number of aryl methyl sites for hydroxylation is 1. The van der Waals surface area contributed by atoms with E-state index in [1.165, 1.54) is 62.6 Å². The number of ether oxygens (including phenoxy) is 4. The molecule has 0 radical (unpaired) electrons. The Morgan fingerprint density at radius 2 is 1.81 bits per heavy atom. The zero-order valence-corrected chi connectivity index (χ0v) is 34.2. The second kappa shape index (κ2) is 16.0. The van der Waals surface area contributed by atoms with Crippen LogP contribution in [0.25, 0.3) is 11.0 Å². The van der Waals surface area contributed by atoms with Gasteiger partial charge in [-0.05, 0) is 123 Å². The number of nitrogens with one attached hydrogen (secondary N) is 1. The van der Waals surface area contributed by atoms with E-state index in [2.05, 4.69) is 63.9 Å². The first-order valence-corrected chi connectivity index (χ1v) is 21.1. The van der Waals surface area contributed by atoms with E-state index in [4.69, 9.17) is 18.9 Å². The number of nitrogens with zero attached hydrogens (tertiary/aromatic N) is 3. The maximum atomic E-state index is 15.4. The van der Waals surface area contributed by atoms with Crippen LogP contribution in [0, 0.1) is 17.2 Å². The Morgan fingerprint density at radius 3 is 2.60 bits per heavy atom. The SMILES string of the molecule is COc1ccc(CN2CCN(C3CC4(CCC(CCc5cc(Oc6cnc7[nH]ccc7c6)c(C(C)=O)cc5F)CC4)C3)[C@H](c3ccccc3C(C)C)C2)c2c1OCO2. The Bertz CT molecular complexity index is 2290. The number of ketones is 1. The van der Waals surface area contributed by atoms with Crippen LogP contribution in [0.15, 0.2) is 73.1 Å². The summed E-state index contributed by atoms with van der Waals surface area (Å²) in [6.45, 7) is 10.1. The van der Waals surface area contributed by atoms with Gasteiger partial charge in [-0.15, -0.1) is 0 Å². The number of aromatic nitrogens is 2. The van der Waals surface area contributed by atoms with Crippen LogP contribution < -0.4 is 18.9 Å². The molecular formula is C48H55FN4O5. The summed E-state index contributed by atoms with van der Waals surface area (Å²) in [4.78, 5) is 25.4. The molecule has 2 saturated carbocycles. The molecule has 0 bridgehead atoms. The van der Waals surface area contributed by atoms with Gasteiger partial charge in [0.1, 0.15) is 23.0 Å². The van der Waals surface area contributed by atoms with Gasteiger partial charge in [-0.1, -0.05) is 44.2 Å². The van der Waals surface area contributed by atoms with Gasteiger partial charge >= 0.3 is 0 Å². The molecule has 3 fully saturated rings. The van der Waals surface area contributed by atoms with E-state index >= 15 is 4.39 Å². The Kier molecular flexibility index (Phi) is 10.7. The molecule has 9 rings (SSSR count). The van der Waals surface area contributed by atoms with Gasteiger partial charge in [0.05, 0.1) is 18.9 Å². The van der Waals surface area contributed by atoms with Crippen LogP contribution in [-0.4, -0.2) is 65.1 Å². The maximum absolute atomic E-state index is 15.4. The van der Waals surface area contributed by atoms with Gasteiger partial charge in [-0.2, -0.15) is 0 Å². The van der Waals surface area contributed by atoms with Gasteiger partial charge in [0, 0.05) is 55.4 Å². The van der Waals surface area contributed by atoms with Crippen LogP contribution in [0.3, 0.4) is 0 Å². The van der Waals surface area contributed by atoms with Crippen LogP contribution >= 0.6 is 0 Å². The number of halogens is 1.